The predicted octanol–water partition coefficient (Wildman–Crippen LogP) is 2.48. The van der Waals surface area contributed by atoms with Crippen molar-refractivity contribution in [3.63, 3.8) is 0 Å². The quantitative estimate of drug-likeness (QED) is 0.887. The van der Waals surface area contributed by atoms with Crippen LogP contribution in [0.2, 0.25) is 0 Å². The standard InChI is InChI=1S/C11H15BrN2O/c1-8-3-6-13-10(9(8)12)14-7-11(15)4-2-5-11/h3,6,15H,2,4-5,7H2,1H3,(H,13,14). The SMILES string of the molecule is Cc1ccnc(NCC2(O)CCC2)c1Br. The van der Waals surface area contributed by atoms with Crippen molar-refractivity contribution in [3.05, 3.63) is 22.3 Å². The molecule has 1 aromatic heterocycles. The molecule has 0 atom stereocenters. The van der Waals surface area contributed by atoms with Crippen LogP contribution in [-0.4, -0.2) is 22.2 Å². The predicted molar refractivity (Wildman–Crippen MR) is 64.0 cm³/mol. The lowest BCUT2D eigenvalue weighted by atomic mass is 9.80. The van der Waals surface area contributed by atoms with Crippen LogP contribution in [0, 0.1) is 6.92 Å². The van der Waals surface area contributed by atoms with Gasteiger partial charge in [-0.15, -0.1) is 0 Å². The molecule has 0 aliphatic heterocycles. The number of hydrogen-bond donors (Lipinski definition) is 2. The van der Waals surface area contributed by atoms with Gasteiger partial charge in [-0.25, -0.2) is 4.98 Å². The van der Waals surface area contributed by atoms with Crippen molar-refractivity contribution in [2.75, 3.05) is 11.9 Å². The highest BCUT2D eigenvalue weighted by molar-refractivity contribution is 9.10. The van der Waals surface area contributed by atoms with Gasteiger partial charge >= 0.3 is 0 Å². The molecule has 0 amide bonds. The molecule has 0 bridgehead atoms. The molecule has 82 valence electrons. The molecule has 1 aliphatic rings. The minimum atomic E-state index is -0.509. The molecular weight excluding hydrogens is 256 g/mol. The molecule has 0 radical (unpaired) electrons. The fourth-order valence-corrected chi connectivity index (χ4v) is 2.05. The van der Waals surface area contributed by atoms with Gasteiger partial charge in [-0.05, 0) is 53.7 Å². The molecule has 0 spiro atoms. The number of nitrogens with one attached hydrogen (secondary N) is 1. The summed E-state index contributed by atoms with van der Waals surface area (Å²) in [6.07, 6.45) is 4.68. The summed E-state index contributed by atoms with van der Waals surface area (Å²) >= 11 is 3.48. The molecule has 1 saturated carbocycles. The Morgan fingerprint density at radius 1 is 1.60 bits per heavy atom. The molecule has 1 aliphatic carbocycles. The van der Waals surface area contributed by atoms with E-state index in [1.54, 1.807) is 6.20 Å². The molecule has 0 unspecified atom stereocenters. The molecular formula is C11H15BrN2O. The second-order valence-electron chi connectivity index (χ2n) is 4.22. The molecule has 4 heteroatoms. The zero-order valence-electron chi connectivity index (χ0n) is 8.76. The summed E-state index contributed by atoms with van der Waals surface area (Å²) in [4.78, 5) is 4.23. The topological polar surface area (TPSA) is 45.2 Å². The van der Waals surface area contributed by atoms with Crippen molar-refractivity contribution in [1.29, 1.82) is 0 Å². The maximum atomic E-state index is 9.93. The van der Waals surface area contributed by atoms with Crippen molar-refractivity contribution in [3.8, 4) is 0 Å². The second kappa shape index (κ2) is 4.10. The first kappa shape index (κ1) is 10.9. The fourth-order valence-electron chi connectivity index (χ4n) is 1.67. The lowest BCUT2D eigenvalue weighted by Gasteiger charge is -2.36. The zero-order valence-corrected chi connectivity index (χ0v) is 10.3. The van der Waals surface area contributed by atoms with Crippen LogP contribution in [0.5, 0.6) is 0 Å². The monoisotopic (exact) mass is 270 g/mol. The Kier molecular flexibility index (Phi) is 2.98. The molecule has 1 aromatic rings. The van der Waals surface area contributed by atoms with Crippen LogP contribution in [0.1, 0.15) is 24.8 Å². The summed E-state index contributed by atoms with van der Waals surface area (Å²) in [6.45, 7) is 2.61. The van der Waals surface area contributed by atoms with Gasteiger partial charge in [0.2, 0.25) is 0 Å². The molecule has 15 heavy (non-hydrogen) atoms. The minimum Gasteiger partial charge on any atom is -0.388 e. The van der Waals surface area contributed by atoms with Crippen LogP contribution in [0.4, 0.5) is 5.82 Å². The fraction of sp³-hybridized carbons (Fsp3) is 0.545. The summed E-state index contributed by atoms with van der Waals surface area (Å²) < 4.78 is 0.980. The van der Waals surface area contributed by atoms with E-state index in [-0.39, 0.29) is 0 Å². The maximum Gasteiger partial charge on any atom is 0.140 e. The van der Waals surface area contributed by atoms with Gasteiger partial charge in [0.05, 0.1) is 10.1 Å². The molecule has 3 nitrogen and oxygen atoms in total. The number of aliphatic hydroxyl groups is 1. The van der Waals surface area contributed by atoms with Crippen molar-refractivity contribution < 1.29 is 5.11 Å². The lowest BCUT2D eigenvalue weighted by molar-refractivity contribution is -0.0202. The third kappa shape index (κ3) is 2.32. The van der Waals surface area contributed by atoms with Gasteiger partial charge in [0.15, 0.2) is 0 Å². The van der Waals surface area contributed by atoms with E-state index in [1.165, 1.54) is 0 Å². The van der Waals surface area contributed by atoms with Crippen LogP contribution in [0.3, 0.4) is 0 Å². The number of hydrogen-bond acceptors (Lipinski definition) is 3. The van der Waals surface area contributed by atoms with Gasteiger partial charge in [0, 0.05) is 12.7 Å². The van der Waals surface area contributed by atoms with Crippen LogP contribution >= 0.6 is 15.9 Å². The summed E-state index contributed by atoms with van der Waals surface area (Å²) in [5.74, 6) is 0.815. The van der Waals surface area contributed by atoms with E-state index >= 15 is 0 Å². The van der Waals surface area contributed by atoms with Gasteiger partial charge in [-0.3, -0.25) is 0 Å². The number of nitrogens with zero attached hydrogens (tertiary/aromatic N) is 1. The Morgan fingerprint density at radius 2 is 2.33 bits per heavy atom. The molecule has 0 saturated heterocycles. The first-order valence-electron chi connectivity index (χ1n) is 5.18. The van der Waals surface area contributed by atoms with E-state index in [4.69, 9.17) is 0 Å². The van der Waals surface area contributed by atoms with Crippen molar-refractivity contribution in [2.45, 2.75) is 31.8 Å². The molecule has 1 fully saturated rings. The first-order valence-corrected chi connectivity index (χ1v) is 5.97. The zero-order chi connectivity index (χ0) is 10.9. The van der Waals surface area contributed by atoms with E-state index in [1.807, 2.05) is 13.0 Å². The third-order valence-electron chi connectivity index (χ3n) is 2.95. The number of halogens is 1. The van der Waals surface area contributed by atoms with Gasteiger partial charge in [0.25, 0.3) is 0 Å². The first-order chi connectivity index (χ1) is 7.11. The third-order valence-corrected chi connectivity index (χ3v) is 3.95. The highest BCUT2D eigenvalue weighted by atomic mass is 79.9. The van der Waals surface area contributed by atoms with E-state index in [9.17, 15) is 5.11 Å². The Bertz CT molecular complexity index is 364. The lowest BCUT2D eigenvalue weighted by Crippen LogP contribution is -2.43. The van der Waals surface area contributed by atoms with Crippen LogP contribution in [0.25, 0.3) is 0 Å². The molecule has 0 aromatic carbocycles. The highest BCUT2D eigenvalue weighted by Crippen LogP contribution is 2.32. The van der Waals surface area contributed by atoms with E-state index < -0.39 is 5.60 Å². The molecule has 2 N–H and O–H groups in total. The Labute approximate surface area is 98.0 Å². The van der Waals surface area contributed by atoms with Crippen LogP contribution < -0.4 is 5.32 Å². The van der Waals surface area contributed by atoms with Crippen molar-refractivity contribution >= 4 is 21.7 Å². The Morgan fingerprint density at radius 3 is 2.93 bits per heavy atom. The number of aryl methyl sites for hydroxylation is 1. The normalized spacial score (nSPS) is 18.3. The summed E-state index contributed by atoms with van der Waals surface area (Å²) in [5.41, 5.74) is 0.637. The minimum absolute atomic E-state index is 0.509. The van der Waals surface area contributed by atoms with Crippen LogP contribution in [0.15, 0.2) is 16.7 Å². The van der Waals surface area contributed by atoms with Gasteiger partial charge in [0.1, 0.15) is 5.82 Å². The Balaban J connectivity index is 2.01. The van der Waals surface area contributed by atoms with E-state index in [0.29, 0.717) is 6.54 Å². The van der Waals surface area contributed by atoms with Crippen LogP contribution in [-0.2, 0) is 0 Å². The van der Waals surface area contributed by atoms with Crippen molar-refractivity contribution in [1.82, 2.24) is 4.98 Å². The van der Waals surface area contributed by atoms with E-state index in [2.05, 4.69) is 26.2 Å². The summed E-state index contributed by atoms with van der Waals surface area (Å²) in [7, 11) is 0. The van der Waals surface area contributed by atoms with Gasteiger partial charge in [-0.2, -0.15) is 0 Å². The largest absolute Gasteiger partial charge is 0.388 e. The smallest absolute Gasteiger partial charge is 0.140 e. The molecule has 1 heterocycles. The summed E-state index contributed by atoms with van der Waals surface area (Å²) in [6, 6.07) is 1.95. The number of anilines is 1. The number of pyridine rings is 1. The second-order valence-corrected chi connectivity index (χ2v) is 5.01. The molecule has 2 rings (SSSR count). The van der Waals surface area contributed by atoms with Crippen molar-refractivity contribution in [2.24, 2.45) is 0 Å². The van der Waals surface area contributed by atoms with Gasteiger partial charge < -0.3 is 10.4 Å². The average molecular weight is 271 g/mol. The summed E-state index contributed by atoms with van der Waals surface area (Å²) in [5, 5.41) is 13.1. The maximum absolute atomic E-state index is 9.93. The highest BCUT2D eigenvalue weighted by Gasteiger charge is 2.34. The van der Waals surface area contributed by atoms with Gasteiger partial charge in [-0.1, -0.05) is 0 Å². The Hall–Kier alpha value is -0.610. The number of aromatic nitrogens is 1. The van der Waals surface area contributed by atoms with E-state index in [0.717, 1.165) is 35.1 Å². The average Bonchev–Trinajstić information content (AvgIpc) is 2.17. The number of rotatable bonds is 3.